The predicted molar refractivity (Wildman–Crippen MR) is 65.6 cm³/mol. The van der Waals surface area contributed by atoms with E-state index in [0.29, 0.717) is 23.5 Å². The van der Waals surface area contributed by atoms with Crippen LogP contribution in [-0.4, -0.2) is 9.97 Å². The first-order valence-electron chi connectivity index (χ1n) is 5.76. The molecule has 3 aromatic rings. The Labute approximate surface area is 103 Å². The third-order valence-corrected chi connectivity index (χ3v) is 2.73. The van der Waals surface area contributed by atoms with Crippen LogP contribution < -0.4 is 0 Å². The van der Waals surface area contributed by atoms with Gasteiger partial charge in [0.1, 0.15) is 11.3 Å². The van der Waals surface area contributed by atoms with E-state index in [0.717, 1.165) is 12.6 Å². The number of oxazole rings is 1. The fourth-order valence-electron chi connectivity index (χ4n) is 1.85. The number of fused-ring (bicyclic) bond motifs is 1. The monoisotopic (exact) mass is 242 g/mol. The molecule has 0 radical (unpaired) electrons. The molecule has 0 bridgehead atoms. The molecule has 3 rings (SSSR count). The molecule has 0 aliphatic carbocycles. The van der Waals surface area contributed by atoms with Crippen molar-refractivity contribution in [2.75, 3.05) is 0 Å². The maximum absolute atomic E-state index is 13.0. The lowest BCUT2D eigenvalue weighted by Gasteiger charge is -1.96. The second-order valence-electron chi connectivity index (χ2n) is 4.07. The summed E-state index contributed by atoms with van der Waals surface area (Å²) in [6.07, 6.45) is 2.66. The Bertz CT molecular complexity index is 664. The molecule has 0 saturated heterocycles. The summed E-state index contributed by atoms with van der Waals surface area (Å²) in [6, 6.07) is 11.4. The van der Waals surface area contributed by atoms with Gasteiger partial charge >= 0.3 is 0 Å². The van der Waals surface area contributed by atoms with Crippen LogP contribution in [0.3, 0.4) is 0 Å². The molecule has 2 heterocycles. The molecule has 0 aliphatic heterocycles. The van der Waals surface area contributed by atoms with Crippen molar-refractivity contribution in [1.82, 2.24) is 9.97 Å². The van der Waals surface area contributed by atoms with Gasteiger partial charge in [0.05, 0.1) is 6.20 Å². The lowest BCUT2D eigenvalue weighted by Crippen LogP contribution is -1.90. The van der Waals surface area contributed by atoms with Crippen LogP contribution in [0.15, 0.2) is 47.0 Å². The SMILES string of the molecule is Fc1cnc2oc(CCc3ccccc3)nc2c1. The number of hydrogen-bond donors (Lipinski definition) is 0. The summed E-state index contributed by atoms with van der Waals surface area (Å²) in [5, 5.41) is 0. The van der Waals surface area contributed by atoms with E-state index >= 15 is 0 Å². The third-order valence-electron chi connectivity index (χ3n) is 2.73. The van der Waals surface area contributed by atoms with Crippen LogP contribution in [0.25, 0.3) is 11.2 Å². The second-order valence-corrected chi connectivity index (χ2v) is 4.07. The lowest BCUT2D eigenvalue weighted by atomic mass is 10.1. The average molecular weight is 242 g/mol. The van der Waals surface area contributed by atoms with Gasteiger partial charge in [0.2, 0.25) is 5.71 Å². The Morgan fingerprint density at radius 1 is 1.11 bits per heavy atom. The molecule has 1 aromatic carbocycles. The molecule has 0 spiro atoms. The molecule has 4 heteroatoms. The molecule has 18 heavy (non-hydrogen) atoms. The van der Waals surface area contributed by atoms with E-state index in [1.165, 1.54) is 11.6 Å². The zero-order valence-electron chi connectivity index (χ0n) is 9.64. The Morgan fingerprint density at radius 2 is 1.94 bits per heavy atom. The van der Waals surface area contributed by atoms with Crippen molar-refractivity contribution in [1.29, 1.82) is 0 Å². The molecular weight excluding hydrogens is 231 g/mol. The van der Waals surface area contributed by atoms with Crippen molar-refractivity contribution in [2.45, 2.75) is 12.8 Å². The van der Waals surface area contributed by atoms with Gasteiger partial charge in [-0.15, -0.1) is 0 Å². The summed E-state index contributed by atoms with van der Waals surface area (Å²) in [4.78, 5) is 8.07. The van der Waals surface area contributed by atoms with Crippen LogP contribution in [0.1, 0.15) is 11.5 Å². The van der Waals surface area contributed by atoms with Crippen molar-refractivity contribution in [3.8, 4) is 0 Å². The minimum atomic E-state index is -0.398. The summed E-state index contributed by atoms with van der Waals surface area (Å²) >= 11 is 0. The summed E-state index contributed by atoms with van der Waals surface area (Å²) < 4.78 is 18.4. The minimum absolute atomic E-state index is 0.388. The van der Waals surface area contributed by atoms with Crippen LogP contribution in [-0.2, 0) is 12.8 Å². The topological polar surface area (TPSA) is 38.9 Å². The first-order chi connectivity index (χ1) is 8.81. The van der Waals surface area contributed by atoms with Crippen molar-refractivity contribution in [2.24, 2.45) is 0 Å². The Balaban J connectivity index is 1.79. The summed E-state index contributed by atoms with van der Waals surface area (Å²) in [7, 11) is 0. The zero-order valence-corrected chi connectivity index (χ0v) is 9.64. The average Bonchev–Trinajstić information content (AvgIpc) is 2.79. The molecule has 0 amide bonds. The molecule has 3 nitrogen and oxygen atoms in total. The van der Waals surface area contributed by atoms with Gasteiger partial charge in [-0.05, 0) is 12.0 Å². The van der Waals surface area contributed by atoms with Gasteiger partial charge in [-0.2, -0.15) is 0 Å². The lowest BCUT2D eigenvalue weighted by molar-refractivity contribution is 0.519. The van der Waals surface area contributed by atoms with E-state index in [9.17, 15) is 4.39 Å². The van der Waals surface area contributed by atoms with Gasteiger partial charge < -0.3 is 4.42 Å². The predicted octanol–water partition coefficient (Wildman–Crippen LogP) is 3.15. The van der Waals surface area contributed by atoms with Gasteiger partial charge in [-0.1, -0.05) is 30.3 Å². The van der Waals surface area contributed by atoms with Crippen molar-refractivity contribution >= 4 is 11.2 Å². The number of rotatable bonds is 3. The summed E-state index contributed by atoms with van der Waals surface area (Å²) in [6.45, 7) is 0. The standard InChI is InChI=1S/C14H11FN2O/c15-11-8-12-14(16-9-11)18-13(17-12)7-6-10-4-2-1-3-5-10/h1-5,8-9H,6-7H2. The molecule has 0 atom stereocenters. The first-order valence-corrected chi connectivity index (χ1v) is 5.76. The van der Waals surface area contributed by atoms with E-state index < -0.39 is 5.82 Å². The Hall–Kier alpha value is -2.23. The zero-order chi connectivity index (χ0) is 12.4. The number of nitrogens with zero attached hydrogens (tertiary/aromatic N) is 2. The van der Waals surface area contributed by atoms with Crippen LogP contribution in [0.2, 0.25) is 0 Å². The minimum Gasteiger partial charge on any atom is -0.422 e. The molecule has 0 unspecified atom stereocenters. The van der Waals surface area contributed by atoms with E-state index in [1.807, 2.05) is 18.2 Å². The van der Waals surface area contributed by atoms with E-state index in [4.69, 9.17) is 4.42 Å². The number of aromatic nitrogens is 2. The molecule has 0 aliphatic rings. The number of benzene rings is 1. The molecule has 0 saturated carbocycles. The highest BCUT2D eigenvalue weighted by atomic mass is 19.1. The molecule has 0 N–H and O–H groups in total. The van der Waals surface area contributed by atoms with Crippen LogP contribution >= 0.6 is 0 Å². The number of pyridine rings is 1. The van der Waals surface area contributed by atoms with E-state index in [1.54, 1.807) is 0 Å². The second kappa shape index (κ2) is 4.56. The summed E-state index contributed by atoms with van der Waals surface area (Å²) in [5.41, 5.74) is 2.08. The van der Waals surface area contributed by atoms with Gasteiger partial charge in [-0.25, -0.2) is 14.4 Å². The first kappa shape index (κ1) is 10.9. The maximum atomic E-state index is 13.0. The Morgan fingerprint density at radius 3 is 2.78 bits per heavy atom. The smallest absolute Gasteiger partial charge is 0.247 e. The fraction of sp³-hybridized carbons (Fsp3) is 0.143. The molecular formula is C14H11FN2O. The fourth-order valence-corrected chi connectivity index (χ4v) is 1.85. The van der Waals surface area contributed by atoms with Crippen molar-refractivity contribution in [3.05, 3.63) is 59.9 Å². The van der Waals surface area contributed by atoms with Crippen LogP contribution in [0.4, 0.5) is 4.39 Å². The van der Waals surface area contributed by atoms with Gasteiger partial charge in [0, 0.05) is 12.5 Å². The number of halogens is 1. The highest BCUT2D eigenvalue weighted by Crippen LogP contribution is 2.15. The quantitative estimate of drug-likeness (QED) is 0.708. The molecule has 2 aromatic heterocycles. The van der Waals surface area contributed by atoms with Gasteiger partial charge in [0.15, 0.2) is 5.89 Å². The summed E-state index contributed by atoms with van der Waals surface area (Å²) in [5.74, 6) is 0.192. The van der Waals surface area contributed by atoms with Crippen LogP contribution in [0.5, 0.6) is 0 Å². The van der Waals surface area contributed by atoms with Crippen molar-refractivity contribution < 1.29 is 8.81 Å². The molecule has 0 fully saturated rings. The normalized spacial score (nSPS) is 10.9. The van der Waals surface area contributed by atoms with E-state index in [2.05, 4.69) is 22.1 Å². The highest BCUT2D eigenvalue weighted by molar-refractivity contribution is 5.67. The van der Waals surface area contributed by atoms with Gasteiger partial charge in [-0.3, -0.25) is 0 Å². The largest absolute Gasteiger partial charge is 0.422 e. The number of aryl methyl sites for hydroxylation is 2. The third kappa shape index (κ3) is 2.22. The molecule has 90 valence electrons. The van der Waals surface area contributed by atoms with Crippen molar-refractivity contribution in [3.63, 3.8) is 0 Å². The highest BCUT2D eigenvalue weighted by Gasteiger charge is 2.07. The Kier molecular flexibility index (Phi) is 2.76. The van der Waals surface area contributed by atoms with E-state index in [-0.39, 0.29) is 0 Å². The maximum Gasteiger partial charge on any atom is 0.247 e. The van der Waals surface area contributed by atoms with Crippen LogP contribution in [0, 0.1) is 5.82 Å². The number of hydrogen-bond acceptors (Lipinski definition) is 3. The van der Waals surface area contributed by atoms with Gasteiger partial charge in [0.25, 0.3) is 0 Å².